The number of rotatable bonds is 7. The molecule has 2 aromatic carbocycles. The van der Waals surface area contributed by atoms with Crippen LogP contribution in [-0.4, -0.2) is 83.8 Å². The van der Waals surface area contributed by atoms with Gasteiger partial charge in [-0.2, -0.15) is 28.4 Å². The van der Waals surface area contributed by atoms with Crippen molar-refractivity contribution in [3.05, 3.63) is 54.6 Å². The molecule has 4 heterocycles. The summed E-state index contributed by atoms with van der Waals surface area (Å²) in [6.07, 6.45) is -4.24. The van der Waals surface area contributed by atoms with Gasteiger partial charge in [-0.3, -0.25) is 9.69 Å². The summed E-state index contributed by atoms with van der Waals surface area (Å²) in [7, 11) is 1.77. The number of benzene rings is 2. The highest BCUT2D eigenvalue weighted by Gasteiger charge is 2.37. The summed E-state index contributed by atoms with van der Waals surface area (Å²) in [4.78, 5) is 26.6. The van der Waals surface area contributed by atoms with Crippen LogP contribution in [0.2, 0.25) is 0 Å². The summed E-state index contributed by atoms with van der Waals surface area (Å²) < 4.78 is 82.3. The number of carbonyl (C=O) groups is 1. The van der Waals surface area contributed by atoms with E-state index in [0.29, 0.717) is 10.8 Å². The number of nitrogens with two attached hydrogens (primary N) is 1. The molecule has 6 rings (SSSR count). The average Bonchev–Trinajstić information content (AvgIpc) is 3.64. The number of ether oxygens (including phenoxy) is 1. The summed E-state index contributed by atoms with van der Waals surface area (Å²) in [5.41, 5.74) is 5.52. The molecule has 47 heavy (non-hydrogen) atoms. The predicted octanol–water partition coefficient (Wildman–Crippen LogP) is 5.48. The molecule has 15 heteroatoms. The number of furan rings is 1. The molecular weight excluding hydrogens is 625 g/mol. The minimum Gasteiger partial charge on any atom is -0.463 e. The first-order chi connectivity index (χ1) is 22.3. The lowest BCUT2D eigenvalue weighted by atomic mass is 9.94. The van der Waals surface area contributed by atoms with Crippen LogP contribution in [0.5, 0.6) is 6.01 Å². The Morgan fingerprint density at radius 3 is 2.64 bits per heavy atom. The summed E-state index contributed by atoms with van der Waals surface area (Å²) in [5, 5.41) is 10.2. The largest absolute Gasteiger partial charge is 0.463 e. The number of piperazine rings is 1. The number of nitrogen functional groups attached to an aromatic ring is 1. The van der Waals surface area contributed by atoms with Gasteiger partial charge in [0.1, 0.15) is 24.2 Å². The number of fused-ring (bicyclic) bond motifs is 3. The fourth-order valence-corrected chi connectivity index (χ4v) is 6.37. The van der Waals surface area contributed by atoms with Crippen molar-refractivity contribution < 1.29 is 35.9 Å². The Kier molecular flexibility index (Phi) is 8.39. The molecule has 2 aliphatic rings. The highest BCUT2D eigenvalue weighted by atomic mass is 19.4. The molecule has 246 valence electrons. The normalized spacial score (nSPS) is 20.6. The van der Waals surface area contributed by atoms with E-state index < -0.39 is 35.7 Å². The van der Waals surface area contributed by atoms with Crippen molar-refractivity contribution in [3.63, 3.8) is 0 Å². The number of alkyl halides is 4. The summed E-state index contributed by atoms with van der Waals surface area (Å²) in [6.45, 7) is 3.62. The van der Waals surface area contributed by atoms with Gasteiger partial charge in [0.2, 0.25) is 0 Å². The summed E-state index contributed by atoms with van der Waals surface area (Å²) >= 11 is 0. The van der Waals surface area contributed by atoms with Gasteiger partial charge in [-0.1, -0.05) is 6.58 Å². The van der Waals surface area contributed by atoms with Crippen LogP contribution in [0.4, 0.5) is 33.5 Å². The van der Waals surface area contributed by atoms with E-state index in [9.17, 15) is 32.0 Å². The van der Waals surface area contributed by atoms with Gasteiger partial charge in [0, 0.05) is 43.3 Å². The number of amides is 1. The van der Waals surface area contributed by atoms with Crippen molar-refractivity contribution in [3.8, 4) is 23.2 Å². The van der Waals surface area contributed by atoms with Gasteiger partial charge in [-0.25, -0.2) is 8.78 Å². The van der Waals surface area contributed by atoms with E-state index >= 15 is 0 Å². The van der Waals surface area contributed by atoms with E-state index in [0.717, 1.165) is 6.07 Å². The van der Waals surface area contributed by atoms with Crippen LogP contribution in [0.3, 0.4) is 0 Å². The van der Waals surface area contributed by atoms with Gasteiger partial charge in [-0.15, -0.1) is 0 Å². The first-order valence-electron chi connectivity index (χ1n) is 14.8. The third-order valence-electron chi connectivity index (χ3n) is 8.64. The Hall–Kier alpha value is -4.97. The number of nitrogens with zero attached hydrogens (tertiary/aromatic N) is 6. The lowest BCUT2D eigenvalue weighted by molar-refractivity contribution is -0.137. The first-order valence-corrected chi connectivity index (χ1v) is 14.8. The van der Waals surface area contributed by atoms with Crippen LogP contribution < -0.4 is 15.4 Å². The van der Waals surface area contributed by atoms with Crippen LogP contribution >= 0.6 is 0 Å². The zero-order chi connectivity index (χ0) is 33.6. The summed E-state index contributed by atoms with van der Waals surface area (Å²) in [6, 6.07) is 7.26. The minimum absolute atomic E-state index is 0.0260. The molecule has 10 nitrogen and oxygen atoms in total. The SMILES string of the molecule is C=C(F)C(=O)N1CCN(c2nc(OC[C@@H]3C[C@@H](F)CN3C)nc3cc(-c4cc(N)ccc4C(F)(F)F)c4ccoc4c23)C[C@@H]1CC#N. The molecule has 0 spiro atoms. The van der Waals surface area contributed by atoms with Gasteiger partial charge in [-0.05, 0) is 54.9 Å². The lowest BCUT2D eigenvalue weighted by Gasteiger charge is -2.41. The Morgan fingerprint density at radius 1 is 1.17 bits per heavy atom. The Labute approximate surface area is 265 Å². The fraction of sp³-hybridized carbons (Fsp3) is 0.375. The van der Waals surface area contributed by atoms with E-state index in [4.69, 9.17) is 14.9 Å². The number of likely N-dealkylation sites (tertiary alicyclic amines) is 1. The Morgan fingerprint density at radius 2 is 1.96 bits per heavy atom. The molecule has 0 saturated carbocycles. The molecule has 2 fully saturated rings. The zero-order valence-electron chi connectivity index (χ0n) is 25.2. The third-order valence-corrected chi connectivity index (χ3v) is 8.64. The maximum absolute atomic E-state index is 14.2. The maximum atomic E-state index is 14.2. The van der Waals surface area contributed by atoms with E-state index in [-0.39, 0.29) is 91.4 Å². The van der Waals surface area contributed by atoms with Crippen LogP contribution in [0.15, 0.2) is 53.4 Å². The van der Waals surface area contributed by atoms with Gasteiger partial charge in [0.05, 0.1) is 41.3 Å². The number of halogens is 5. The second kappa shape index (κ2) is 12.3. The van der Waals surface area contributed by atoms with Gasteiger partial charge >= 0.3 is 12.2 Å². The van der Waals surface area contributed by atoms with Crippen molar-refractivity contribution in [1.29, 1.82) is 5.26 Å². The molecule has 2 N–H and O–H groups in total. The molecule has 2 aromatic heterocycles. The lowest BCUT2D eigenvalue weighted by Crippen LogP contribution is -2.55. The van der Waals surface area contributed by atoms with E-state index in [1.165, 1.54) is 35.4 Å². The minimum atomic E-state index is -4.70. The number of anilines is 2. The van der Waals surface area contributed by atoms with Crippen LogP contribution in [-0.2, 0) is 11.0 Å². The molecular formula is C32H30F5N7O3. The number of aromatic nitrogens is 2. The van der Waals surface area contributed by atoms with Crippen molar-refractivity contribution in [1.82, 2.24) is 19.8 Å². The van der Waals surface area contributed by atoms with Crippen LogP contribution in [0.25, 0.3) is 33.0 Å². The van der Waals surface area contributed by atoms with E-state index in [2.05, 4.69) is 16.5 Å². The van der Waals surface area contributed by atoms with Crippen LogP contribution in [0.1, 0.15) is 18.4 Å². The summed E-state index contributed by atoms with van der Waals surface area (Å²) in [5.74, 6) is -1.80. The molecule has 0 bridgehead atoms. The van der Waals surface area contributed by atoms with E-state index in [1.54, 1.807) is 11.9 Å². The molecule has 0 unspecified atom stereocenters. The monoisotopic (exact) mass is 655 g/mol. The highest BCUT2D eigenvalue weighted by molar-refractivity contribution is 6.14. The van der Waals surface area contributed by atoms with Gasteiger partial charge in [0.25, 0.3) is 5.91 Å². The van der Waals surface area contributed by atoms with Crippen molar-refractivity contribution in [2.75, 3.05) is 50.5 Å². The predicted molar refractivity (Wildman–Crippen MR) is 164 cm³/mol. The number of carbonyl (C=O) groups excluding carboxylic acids is 1. The molecule has 2 saturated heterocycles. The second-order valence-electron chi connectivity index (χ2n) is 11.7. The maximum Gasteiger partial charge on any atom is 0.417 e. The number of hydrogen-bond donors (Lipinski definition) is 1. The van der Waals surface area contributed by atoms with Crippen LogP contribution in [0, 0.1) is 11.3 Å². The molecule has 0 radical (unpaired) electrons. The van der Waals surface area contributed by atoms with Crippen molar-refractivity contribution in [2.45, 2.75) is 37.3 Å². The quantitative estimate of drug-likeness (QED) is 0.157. The molecule has 3 atom stereocenters. The third kappa shape index (κ3) is 6.12. The number of likely N-dealkylation sites (N-methyl/N-ethyl adjacent to an activating group) is 1. The standard InChI is InChI=1S/C32H30F5N7O3/c1-17(33)30(45)44-9-8-43(15-20(44)5-7-38)29-27-26(40-31(41-29)47-16-21-11-18(34)14-42(21)2)13-23(22-6-10-46-28(22)27)24-12-19(39)3-4-25(24)32(35,36)37/h3-4,6,10,12-13,18,20-21H,1,5,8-9,11,14-16,39H2,2H3/t18-,20+,21+/m1/s1. The highest BCUT2D eigenvalue weighted by Crippen LogP contribution is 2.44. The smallest absolute Gasteiger partial charge is 0.417 e. The zero-order valence-corrected chi connectivity index (χ0v) is 25.2. The molecule has 0 aliphatic carbocycles. The fourth-order valence-electron chi connectivity index (χ4n) is 6.37. The molecule has 1 amide bonds. The van der Waals surface area contributed by atoms with E-state index in [1.807, 2.05) is 11.0 Å². The number of hydrogen-bond acceptors (Lipinski definition) is 9. The number of nitriles is 1. The topological polar surface area (TPSA) is 125 Å². The Balaban J connectivity index is 1.51. The second-order valence-corrected chi connectivity index (χ2v) is 11.7. The average molecular weight is 656 g/mol. The van der Waals surface area contributed by atoms with Gasteiger partial charge < -0.3 is 24.7 Å². The van der Waals surface area contributed by atoms with Crippen molar-refractivity contribution in [2.24, 2.45) is 0 Å². The molecule has 2 aliphatic heterocycles. The van der Waals surface area contributed by atoms with Crippen molar-refractivity contribution >= 4 is 39.3 Å². The Bertz CT molecular complexity index is 1910. The molecule has 4 aromatic rings. The first kappa shape index (κ1) is 32.0. The van der Waals surface area contributed by atoms with Gasteiger partial charge in [0.15, 0.2) is 5.83 Å².